The van der Waals surface area contributed by atoms with Crippen LogP contribution in [0.2, 0.25) is 0 Å². The molecule has 234 valence electrons. The Bertz CT molecular complexity index is 1320. The molecule has 0 radical (unpaired) electrons. The molecule has 2 heterocycles. The highest BCUT2D eigenvalue weighted by Crippen LogP contribution is 2.21. The lowest BCUT2D eigenvalue weighted by Crippen LogP contribution is -2.32. The molecule has 43 heavy (non-hydrogen) atoms. The number of ketones is 2. The Morgan fingerprint density at radius 3 is 2.02 bits per heavy atom. The molecule has 0 unspecified atom stereocenters. The minimum absolute atomic E-state index is 0.0202. The number of carbonyl (C=O) groups is 5. The molecule has 1 saturated heterocycles. The summed E-state index contributed by atoms with van der Waals surface area (Å²) < 4.78 is 32.2. The Labute approximate surface area is 247 Å². The lowest BCUT2D eigenvalue weighted by molar-refractivity contribution is -0.198. The van der Waals surface area contributed by atoms with Gasteiger partial charge in [0.15, 0.2) is 11.6 Å². The zero-order chi connectivity index (χ0) is 31.0. The van der Waals surface area contributed by atoms with E-state index in [-0.39, 0.29) is 68.2 Å². The maximum Gasteiger partial charge on any atom is 0.347 e. The lowest BCUT2D eigenvalue weighted by Gasteiger charge is -2.12. The van der Waals surface area contributed by atoms with Gasteiger partial charge in [0, 0.05) is 37.3 Å². The molecular formula is C29H35NO13. The van der Waals surface area contributed by atoms with E-state index in [1.54, 1.807) is 12.1 Å². The van der Waals surface area contributed by atoms with Crippen molar-refractivity contribution in [3.05, 3.63) is 40.2 Å². The Hall–Kier alpha value is -3.98. The summed E-state index contributed by atoms with van der Waals surface area (Å²) >= 11 is 0. The van der Waals surface area contributed by atoms with Gasteiger partial charge in [-0.2, -0.15) is 0 Å². The van der Waals surface area contributed by atoms with Crippen LogP contribution in [0, 0.1) is 0 Å². The molecule has 14 heteroatoms. The molecule has 0 atom stereocenters. The summed E-state index contributed by atoms with van der Waals surface area (Å²) in [5, 5.41) is 1.08. The highest BCUT2D eigenvalue weighted by atomic mass is 16.7. The van der Waals surface area contributed by atoms with Gasteiger partial charge in [0.05, 0.1) is 52.7 Å². The second-order valence-electron chi connectivity index (χ2n) is 9.38. The Morgan fingerprint density at radius 1 is 0.791 bits per heavy atom. The van der Waals surface area contributed by atoms with Gasteiger partial charge < -0.3 is 32.9 Å². The molecular weight excluding hydrogens is 570 g/mol. The average Bonchev–Trinajstić information content (AvgIpc) is 3.29. The first-order valence-corrected chi connectivity index (χ1v) is 13.9. The van der Waals surface area contributed by atoms with Gasteiger partial charge in [0.25, 0.3) is 11.8 Å². The zero-order valence-electron chi connectivity index (χ0n) is 24.0. The van der Waals surface area contributed by atoms with Crippen LogP contribution in [0.25, 0.3) is 11.0 Å². The van der Waals surface area contributed by atoms with Crippen molar-refractivity contribution in [3.8, 4) is 5.75 Å². The first kappa shape index (κ1) is 33.5. The molecule has 1 aliphatic heterocycles. The van der Waals surface area contributed by atoms with E-state index in [1.807, 2.05) is 0 Å². The van der Waals surface area contributed by atoms with Crippen LogP contribution >= 0.6 is 0 Å². The number of nitrogens with zero attached hydrogens (tertiary/aromatic N) is 1. The number of hydroxylamine groups is 2. The van der Waals surface area contributed by atoms with Crippen LogP contribution in [0.5, 0.6) is 5.75 Å². The van der Waals surface area contributed by atoms with Crippen molar-refractivity contribution >= 4 is 40.3 Å². The molecule has 0 aliphatic carbocycles. The third-order valence-electron chi connectivity index (χ3n) is 6.00. The van der Waals surface area contributed by atoms with Gasteiger partial charge >= 0.3 is 11.6 Å². The van der Waals surface area contributed by atoms with Crippen molar-refractivity contribution in [1.82, 2.24) is 5.06 Å². The SMILES string of the molecule is CC(=O)c1cc2ccc(OCC(=O)CCCOCCOCCOCCOCCC(=O)ON3C(=O)CCC3=O)cc2oc1=O. The second kappa shape index (κ2) is 17.9. The maximum absolute atomic E-state index is 12.1. The molecule has 2 amide bonds. The minimum atomic E-state index is -0.719. The third-order valence-corrected chi connectivity index (χ3v) is 6.00. The number of rotatable bonds is 21. The summed E-state index contributed by atoms with van der Waals surface area (Å²) in [5.74, 6) is -1.88. The van der Waals surface area contributed by atoms with Crippen LogP contribution in [0.3, 0.4) is 0 Å². The van der Waals surface area contributed by atoms with E-state index >= 15 is 0 Å². The number of fused-ring (bicyclic) bond motifs is 1. The van der Waals surface area contributed by atoms with Gasteiger partial charge in [-0.05, 0) is 31.5 Å². The average molecular weight is 606 g/mol. The van der Waals surface area contributed by atoms with Crippen LogP contribution in [-0.4, -0.2) is 93.9 Å². The third kappa shape index (κ3) is 11.7. The van der Waals surface area contributed by atoms with Crippen molar-refractivity contribution in [1.29, 1.82) is 0 Å². The van der Waals surface area contributed by atoms with E-state index in [4.69, 9.17) is 32.9 Å². The molecule has 0 spiro atoms. The van der Waals surface area contributed by atoms with Crippen LogP contribution in [0.15, 0.2) is 33.5 Å². The highest BCUT2D eigenvalue weighted by molar-refractivity contribution is 6.01. The van der Waals surface area contributed by atoms with Gasteiger partial charge in [0.2, 0.25) is 0 Å². The first-order valence-electron chi connectivity index (χ1n) is 13.9. The maximum atomic E-state index is 12.1. The topological polar surface area (TPSA) is 174 Å². The number of amides is 2. The van der Waals surface area contributed by atoms with Gasteiger partial charge in [-0.15, -0.1) is 5.06 Å². The zero-order valence-corrected chi connectivity index (χ0v) is 24.0. The Morgan fingerprint density at radius 2 is 1.40 bits per heavy atom. The van der Waals surface area contributed by atoms with Crippen molar-refractivity contribution in [2.24, 2.45) is 0 Å². The van der Waals surface area contributed by atoms with Crippen molar-refractivity contribution in [2.45, 2.75) is 39.0 Å². The van der Waals surface area contributed by atoms with Crippen molar-refractivity contribution in [3.63, 3.8) is 0 Å². The predicted octanol–water partition coefficient (Wildman–Crippen LogP) is 1.79. The summed E-state index contributed by atoms with van der Waals surface area (Å²) in [7, 11) is 0. The fourth-order valence-electron chi connectivity index (χ4n) is 3.76. The molecule has 14 nitrogen and oxygen atoms in total. The molecule has 1 aromatic carbocycles. The number of imide groups is 1. The Kier molecular flexibility index (Phi) is 13.9. The van der Waals surface area contributed by atoms with Gasteiger partial charge in [-0.1, -0.05) is 0 Å². The summed E-state index contributed by atoms with van der Waals surface area (Å²) in [6, 6.07) is 6.26. The lowest BCUT2D eigenvalue weighted by atomic mass is 10.1. The molecule has 1 aliphatic rings. The summed E-state index contributed by atoms with van der Waals surface area (Å²) in [6.07, 6.45) is 0.797. The number of hydrogen-bond acceptors (Lipinski definition) is 13. The van der Waals surface area contributed by atoms with Gasteiger partial charge in [-0.25, -0.2) is 9.59 Å². The predicted molar refractivity (Wildman–Crippen MR) is 147 cm³/mol. The highest BCUT2D eigenvalue weighted by Gasteiger charge is 2.32. The van der Waals surface area contributed by atoms with Crippen molar-refractivity contribution in [2.75, 3.05) is 59.5 Å². The molecule has 3 rings (SSSR count). The number of carbonyl (C=O) groups excluding carboxylic acids is 5. The smallest absolute Gasteiger partial charge is 0.347 e. The summed E-state index contributed by atoms with van der Waals surface area (Å²) in [4.78, 5) is 74.6. The molecule has 0 saturated carbocycles. The molecule has 0 N–H and O–H groups in total. The fraction of sp³-hybridized carbons (Fsp3) is 0.517. The molecule has 1 fully saturated rings. The van der Waals surface area contributed by atoms with Crippen LogP contribution < -0.4 is 10.4 Å². The largest absolute Gasteiger partial charge is 0.486 e. The van der Waals surface area contributed by atoms with E-state index in [2.05, 4.69) is 0 Å². The number of Topliss-reactive ketones (excluding diaryl/α,β-unsaturated/α-hetero) is 2. The van der Waals surface area contributed by atoms with Gasteiger partial charge in [-0.3, -0.25) is 19.2 Å². The van der Waals surface area contributed by atoms with Crippen LogP contribution in [0.1, 0.15) is 49.4 Å². The number of ether oxygens (including phenoxy) is 5. The number of hydrogen-bond donors (Lipinski definition) is 0. The molecule has 1 aromatic heterocycles. The molecule has 2 aromatic rings. The monoisotopic (exact) mass is 605 g/mol. The quantitative estimate of drug-likeness (QED) is 0.0872. The summed E-state index contributed by atoms with van der Waals surface area (Å²) in [5.41, 5.74) is -0.473. The van der Waals surface area contributed by atoms with E-state index in [9.17, 15) is 28.8 Å². The fourth-order valence-corrected chi connectivity index (χ4v) is 3.76. The first-order chi connectivity index (χ1) is 20.7. The molecule has 0 bridgehead atoms. The van der Waals surface area contributed by atoms with E-state index in [0.29, 0.717) is 62.3 Å². The van der Waals surface area contributed by atoms with Crippen LogP contribution in [-0.2, 0) is 43.0 Å². The second-order valence-corrected chi connectivity index (χ2v) is 9.38. The van der Waals surface area contributed by atoms with E-state index in [1.165, 1.54) is 19.1 Å². The standard InChI is InChI=1S/C29H35NO13/c1-20(31)24-17-21-4-5-23(18-25(21)42-29(24)36)41-19-22(32)3-2-9-37-11-13-39-15-16-40-14-12-38-10-8-28(35)43-30-26(33)6-7-27(30)34/h4-5,17-18H,2-3,6-16,19H2,1H3. The van der Waals surface area contributed by atoms with E-state index < -0.39 is 23.4 Å². The Balaban J connectivity index is 1.10. The van der Waals surface area contributed by atoms with Gasteiger partial charge in [0.1, 0.15) is 23.5 Å². The number of benzene rings is 1. The van der Waals surface area contributed by atoms with Crippen LogP contribution in [0.4, 0.5) is 0 Å². The van der Waals surface area contributed by atoms with E-state index in [0.717, 1.165) is 0 Å². The summed E-state index contributed by atoms with van der Waals surface area (Å²) in [6.45, 7) is 3.62. The van der Waals surface area contributed by atoms with Crippen molar-refractivity contribution < 1.29 is 56.9 Å². The normalized spacial score (nSPS) is 13.1. The minimum Gasteiger partial charge on any atom is -0.486 e.